The monoisotopic (exact) mass is 319 g/mol. The first-order chi connectivity index (χ1) is 11.1. The molecule has 5 heteroatoms. The van der Waals surface area contributed by atoms with Gasteiger partial charge in [-0.25, -0.2) is 0 Å². The molecule has 0 aliphatic carbocycles. The largest absolute Gasteiger partial charge is 0.493 e. The van der Waals surface area contributed by atoms with Crippen LogP contribution >= 0.6 is 0 Å². The maximum Gasteiger partial charge on any atom is 0.193 e. The smallest absolute Gasteiger partial charge is 0.193 e. The highest BCUT2D eigenvalue weighted by Crippen LogP contribution is 2.27. The molecule has 0 amide bonds. The van der Waals surface area contributed by atoms with Crippen LogP contribution in [0.25, 0.3) is 0 Å². The summed E-state index contributed by atoms with van der Waals surface area (Å²) in [5, 5.41) is 3.46. The first-order valence-electron chi connectivity index (χ1n) is 8.23. The Hall–Kier alpha value is -1.91. The van der Waals surface area contributed by atoms with Crippen molar-refractivity contribution in [1.29, 1.82) is 0 Å². The van der Waals surface area contributed by atoms with Crippen LogP contribution in [-0.4, -0.2) is 45.2 Å². The molecule has 1 saturated heterocycles. The van der Waals surface area contributed by atoms with Crippen LogP contribution in [0.5, 0.6) is 11.5 Å². The number of nitrogens with one attached hydrogen (secondary N) is 1. The number of benzene rings is 1. The number of guanidine groups is 1. The zero-order valence-corrected chi connectivity index (χ0v) is 14.9. The first kappa shape index (κ1) is 17.4. The Labute approximate surface area is 139 Å². The molecule has 2 unspecified atom stereocenters. The van der Waals surface area contributed by atoms with Crippen molar-refractivity contribution in [2.24, 2.45) is 16.8 Å². The van der Waals surface area contributed by atoms with Gasteiger partial charge in [0.05, 0.1) is 14.2 Å². The number of likely N-dealkylation sites (tertiary alicyclic amines) is 1. The van der Waals surface area contributed by atoms with Gasteiger partial charge < -0.3 is 19.7 Å². The van der Waals surface area contributed by atoms with Crippen LogP contribution in [0.3, 0.4) is 0 Å². The third-order valence-corrected chi connectivity index (χ3v) is 4.28. The lowest BCUT2D eigenvalue weighted by atomic mass is 9.92. The van der Waals surface area contributed by atoms with Crippen LogP contribution in [0, 0.1) is 11.8 Å². The van der Waals surface area contributed by atoms with Gasteiger partial charge in [-0.1, -0.05) is 19.9 Å². The highest BCUT2D eigenvalue weighted by molar-refractivity contribution is 5.80. The van der Waals surface area contributed by atoms with Crippen molar-refractivity contribution >= 4 is 5.96 Å². The Morgan fingerprint density at radius 1 is 1.17 bits per heavy atom. The average molecular weight is 319 g/mol. The maximum atomic E-state index is 5.36. The molecule has 23 heavy (non-hydrogen) atoms. The summed E-state index contributed by atoms with van der Waals surface area (Å²) in [5.74, 6) is 3.89. The molecule has 0 spiro atoms. The highest BCUT2D eigenvalue weighted by Gasteiger charge is 2.23. The molecule has 0 bridgehead atoms. The number of hydrogen-bond donors (Lipinski definition) is 1. The average Bonchev–Trinajstić information content (AvgIpc) is 2.54. The SMILES string of the molecule is CN=C(NCc1ccc(OC)c(OC)c1)N1CC(C)CC(C)C1. The first-order valence-corrected chi connectivity index (χ1v) is 8.23. The Kier molecular flexibility index (Phi) is 6.13. The maximum absolute atomic E-state index is 5.36. The van der Waals surface area contributed by atoms with Crippen molar-refractivity contribution in [2.75, 3.05) is 34.4 Å². The number of piperidine rings is 1. The lowest BCUT2D eigenvalue weighted by Gasteiger charge is -2.37. The molecule has 1 N–H and O–H groups in total. The van der Waals surface area contributed by atoms with Crippen molar-refractivity contribution in [3.8, 4) is 11.5 Å². The van der Waals surface area contributed by atoms with E-state index in [9.17, 15) is 0 Å². The summed E-state index contributed by atoms with van der Waals surface area (Å²) in [6.07, 6.45) is 1.29. The molecule has 1 heterocycles. The number of methoxy groups -OCH3 is 2. The molecule has 1 aromatic rings. The highest BCUT2D eigenvalue weighted by atomic mass is 16.5. The quantitative estimate of drug-likeness (QED) is 0.685. The van der Waals surface area contributed by atoms with Gasteiger partial charge in [-0.3, -0.25) is 4.99 Å². The van der Waals surface area contributed by atoms with Gasteiger partial charge in [0.15, 0.2) is 17.5 Å². The molecule has 1 aliphatic rings. The van der Waals surface area contributed by atoms with E-state index in [1.165, 1.54) is 6.42 Å². The minimum absolute atomic E-state index is 0.707. The van der Waals surface area contributed by atoms with Crippen LogP contribution in [-0.2, 0) is 6.54 Å². The van der Waals surface area contributed by atoms with Gasteiger partial charge in [-0.2, -0.15) is 0 Å². The molecule has 2 rings (SSSR count). The van der Waals surface area contributed by atoms with E-state index in [0.29, 0.717) is 18.4 Å². The minimum atomic E-state index is 0.707. The lowest BCUT2D eigenvalue weighted by Crippen LogP contribution is -2.48. The fourth-order valence-corrected chi connectivity index (χ4v) is 3.34. The number of ether oxygens (including phenoxy) is 2. The molecule has 5 nitrogen and oxygen atoms in total. The van der Waals surface area contributed by atoms with Crippen LogP contribution < -0.4 is 14.8 Å². The Balaban J connectivity index is 2.00. The predicted octanol–water partition coefficient (Wildman–Crippen LogP) is 2.76. The third kappa shape index (κ3) is 4.53. The number of aliphatic imine (C=N–C) groups is 1. The van der Waals surface area contributed by atoms with Crippen LogP contribution in [0.15, 0.2) is 23.2 Å². The Morgan fingerprint density at radius 2 is 1.83 bits per heavy atom. The summed E-state index contributed by atoms with van der Waals surface area (Å²) in [6, 6.07) is 5.98. The van der Waals surface area contributed by atoms with E-state index in [4.69, 9.17) is 9.47 Å². The van der Waals surface area contributed by atoms with Gasteiger partial charge >= 0.3 is 0 Å². The molecule has 1 aromatic carbocycles. The van der Waals surface area contributed by atoms with Gasteiger partial charge in [0.2, 0.25) is 0 Å². The Bertz CT molecular complexity index is 535. The van der Waals surface area contributed by atoms with Gasteiger partial charge in [-0.05, 0) is 36.0 Å². The summed E-state index contributed by atoms with van der Waals surface area (Å²) in [4.78, 5) is 6.81. The third-order valence-electron chi connectivity index (χ3n) is 4.28. The summed E-state index contributed by atoms with van der Waals surface area (Å²) in [6.45, 7) is 7.47. The van der Waals surface area contributed by atoms with Crippen molar-refractivity contribution in [1.82, 2.24) is 10.2 Å². The van der Waals surface area contributed by atoms with Crippen LogP contribution in [0.2, 0.25) is 0 Å². The molecule has 2 atom stereocenters. The summed E-state index contributed by atoms with van der Waals surface area (Å²) in [7, 11) is 5.15. The van der Waals surface area contributed by atoms with Gasteiger partial charge in [-0.15, -0.1) is 0 Å². The zero-order valence-electron chi connectivity index (χ0n) is 14.9. The molecular formula is C18H29N3O2. The van der Waals surface area contributed by atoms with E-state index < -0.39 is 0 Å². The fraction of sp³-hybridized carbons (Fsp3) is 0.611. The topological polar surface area (TPSA) is 46.1 Å². The van der Waals surface area contributed by atoms with Crippen LogP contribution in [0.4, 0.5) is 0 Å². The number of rotatable bonds is 4. The van der Waals surface area contributed by atoms with E-state index in [2.05, 4.69) is 29.1 Å². The van der Waals surface area contributed by atoms with Crippen molar-refractivity contribution in [2.45, 2.75) is 26.8 Å². The second-order valence-electron chi connectivity index (χ2n) is 6.44. The second kappa shape index (κ2) is 8.09. The zero-order chi connectivity index (χ0) is 16.8. The van der Waals surface area contributed by atoms with Gasteiger partial charge in [0.25, 0.3) is 0 Å². The molecule has 0 saturated carbocycles. The number of nitrogens with zero attached hydrogens (tertiary/aromatic N) is 2. The molecular weight excluding hydrogens is 290 g/mol. The molecule has 0 aromatic heterocycles. The molecule has 1 fully saturated rings. The van der Waals surface area contributed by atoms with E-state index >= 15 is 0 Å². The predicted molar refractivity (Wildman–Crippen MR) is 94.3 cm³/mol. The standard InChI is InChI=1S/C18H29N3O2/c1-13-8-14(2)12-21(11-13)18(19-3)20-10-15-6-7-16(22-4)17(9-15)23-5/h6-7,9,13-14H,8,10-12H2,1-5H3,(H,19,20). The van der Waals surface area contributed by atoms with E-state index in [1.54, 1.807) is 14.2 Å². The Morgan fingerprint density at radius 3 is 2.39 bits per heavy atom. The molecule has 128 valence electrons. The van der Waals surface area contributed by atoms with Gasteiger partial charge in [0, 0.05) is 26.7 Å². The minimum Gasteiger partial charge on any atom is -0.493 e. The lowest BCUT2D eigenvalue weighted by molar-refractivity contribution is 0.208. The summed E-state index contributed by atoms with van der Waals surface area (Å²) < 4.78 is 10.6. The molecule has 0 radical (unpaired) electrons. The van der Waals surface area contributed by atoms with E-state index in [-0.39, 0.29) is 0 Å². The van der Waals surface area contributed by atoms with Crippen molar-refractivity contribution < 1.29 is 9.47 Å². The van der Waals surface area contributed by atoms with Crippen molar-refractivity contribution in [3.05, 3.63) is 23.8 Å². The second-order valence-corrected chi connectivity index (χ2v) is 6.44. The van der Waals surface area contributed by atoms with E-state index in [0.717, 1.165) is 36.1 Å². The van der Waals surface area contributed by atoms with Crippen molar-refractivity contribution in [3.63, 3.8) is 0 Å². The summed E-state index contributed by atoms with van der Waals surface area (Å²) >= 11 is 0. The number of hydrogen-bond acceptors (Lipinski definition) is 3. The van der Waals surface area contributed by atoms with E-state index in [1.807, 2.05) is 25.2 Å². The summed E-state index contributed by atoms with van der Waals surface area (Å²) in [5.41, 5.74) is 1.14. The van der Waals surface area contributed by atoms with Gasteiger partial charge in [0.1, 0.15) is 0 Å². The fourth-order valence-electron chi connectivity index (χ4n) is 3.34. The molecule has 1 aliphatic heterocycles. The normalized spacial score (nSPS) is 22.0. The van der Waals surface area contributed by atoms with Crippen LogP contribution in [0.1, 0.15) is 25.8 Å².